The lowest BCUT2D eigenvalue weighted by Crippen LogP contribution is -1.84. The van der Waals surface area contributed by atoms with Crippen molar-refractivity contribution in [2.45, 2.75) is 0 Å². The minimum atomic E-state index is 0.623. The average Bonchev–Trinajstić information content (AvgIpc) is 2.56. The zero-order chi connectivity index (χ0) is 8.39. The third-order valence-electron chi connectivity index (χ3n) is 1.38. The molecule has 2 aromatic heterocycles. The van der Waals surface area contributed by atoms with Crippen LogP contribution in [-0.2, 0) is 0 Å². The molecule has 0 aliphatic carbocycles. The quantitative estimate of drug-likeness (QED) is 0.724. The molecular weight excluding hydrogens is 176 g/mol. The Kier molecular flexibility index (Phi) is 1.75. The summed E-state index contributed by atoms with van der Waals surface area (Å²) in [5, 5.41) is 7.04. The van der Waals surface area contributed by atoms with E-state index in [0.717, 1.165) is 0 Å². The molecule has 0 radical (unpaired) electrons. The summed E-state index contributed by atoms with van der Waals surface area (Å²) >= 11 is 5.76. The van der Waals surface area contributed by atoms with Gasteiger partial charge in [-0.25, -0.2) is 4.98 Å². The van der Waals surface area contributed by atoms with Crippen molar-refractivity contribution in [3.63, 3.8) is 0 Å². The Balaban J connectivity index is 2.48. The van der Waals surface area contributed by atoms with Crippen LogP contribution in [0.3, 0.4) is 0 Å². The maximum atomic E-state index is 5.76. The average molecular weight is 181 g/mol. The third kappa shape index (κ3) is 1.29. The van der Waals surface area contributed by atoms with Crippen molar-refractivity contribution in [2.75, 3.05) is 0 Å². The number of nitrogens with zero attached hydrogens (tertiary/aromatic N) is 3. The molecule has 1 N–H and O–H groups in total. The number of aromatic nitrogens is 4. The smallest absolute Gasteiger partial charge is 0.174 e. The van der Waals surface area contributed by atoms with Crippen molar-refractivity contribution in [1.82, 2.24) is 20.2 Å². The summed E-state index contributed by atoms with van der Waals surface area (Å²) in [4.78, 5) is 8.00. The number of hydrogen-bond donors (Lipinski definition) is 1. The Morgan fingerprint density at radius 2 is 2.25 bits per heavy atom. The van der Waals surface area contributed by atoms with Gasteiger partial charge in [0, 0.05) is 11.2 Å². The SMILES string of the molecule is Clc1ccnc(-c2ncn[nH]2)c1. The van der Waals surface area contributed by atoms with Crippen molar-refractivity contribution in [3.05, 3.63) is 29.7 Å². The fourth-order valence-corrected chi connectivity index (χ4v) is 1.02. The first-order chi connectivity index (χ1) is 5.86. The van der Waals surface area contributed by atoms with Gasteiger partial charge in [-0.3, -0.25) is 10.1 Å². The van der Waals surface area contributed by atoms with Crippen LogP contribution < -0.4 is 0 Å². The molecule has 12 heavy (non-hydrogen) atoms. The second-order valence-electron chi connectivity index (χ2n) is 2.19. The molecule has 60 valence electrons. The number of aromatic amines is 1. The van der Waals surface area contributed by atoms with E-state index in [1.165, 1.54) is 6.33 Å². The molecule has 0 bridgehead atoms. The van der Waals surface area contributed by atoms with E-state index in [2.05, 4.69) is 20.2 Å². The highest BCUT2D eigenvalue weighted by molar-refractivity contribution is 6.30. The topological polar surface area (TPSA) is 54.5 Å². The number of hydrogen-bond acceptors (Lipinski definition) is 3. The number of rotatable bonds is 1. The molecule has 0 amide bonds. The maximum Gasteiger partial charge on any atom is 0.174 e. The van der Waals surface area contributed by atoms with Gasteiger partial charge in [0.25, 0.3) is 0 Å². The number of H-pyrrole nitrogens is 1. The van der Waals surface area contributed by atoms with Gasteiger partial charge in [0.2, 0.25) is 0 Å². The summed E-state index contributed by atoms with van der Waals surface area (Å²) in [7, 11) is 0. The molecule has 0 fully saturated rings. The highest BCUT2D eigenvalue weighted by Gasteiger charge is 2.01. The van der Waals surface area contributed by atoms with Crippen LogP contribution in [0, 0.1) is 0 Å². The lowest BCUT2D eigenvalue weighted by atomic mass is 10.3. The monoisotopic (exact) mass is 180 g/mol. The highest BCUT2D eigenvalue weighted by Crippen LogP contribution is 2.14. The molecular formula is C7H5ClN4. The Morgan fingerprint density at radius 3 is 2.92 bits per heavy atom. The van der Waals surface area contributed by atoms with Gasteiger partial charge in [-0.15, -0.1) is 0 Å². The van der Waals surface area contributed by atoms with Crippen molar-refractivity contribution < 1.29 is 0 Å². The van der Waals surface area contributed by atoms with E-state index >= 15 is 0 Å². The predicted molar refractivity (Wildman–Crippen MR) is 44.6 cm³/mol. The summed E-state index contributed by atoms with van der Waals surface area (Å²) in [6.45, 7) is 0. The van der Waals surface area contributed by atoms with Crippen LogP contribution in [0.2, 0.25) is 5.02 Å². The molecule has 0 atom stereocenters. The first-order valence-corrected chi connectivity index (χ1v) is 3.71. The fourth-order valence-electron chi connectivity index (χ4n) is 0.863. The van der Waals surface area contributed by atoms with Crippen LogP contribution in [0.5, 0.6) is 0 Å². The second kappa shape index (κ2) is 2.91. The van der Waals surface area contributed by atoms with Gasteiger partial charge in [0.15, 0.2) is 5.82 Å². The van der Waals surface area contributed by atoms with Gasteiger partial charge in [-0.2, -0.15) is 5.10 Å². The maximum absolute atomic E-state index is 5.76. The molecule has 4 nitrogen and oxygen atoms in total. The summed E-state index contributed by atoms with van der Waals surface area (Å²) < 4.78 is 0. The first-order valence-electron chi connectivity index (χ1n) is 3.33. The molecule has 0 spiro atoms. The van der Waals surface area contributed by atoms with E-state index < -0.39 is 0 Å². The highest BCUT2D eigenvalue weighted by atomic mass is 35.5. The van der Waals surface area contributed by atoms with Crippen molar-refractivity contribution in [3.8, 4) is 11.5 Å². The van der Waals surface area contributed by atoms with E-state index in [1.54, 1.807) is 18.3 Å². The predicted octanol–water partition coefficient (Wildman–Crippen LogP) is 1.52. The van der Waals surface area contributed by atoms with E-state index in [0.29, 0.717) is 16.5 Å². The van der Waals surface area contributed by atoms with Crippen LogP contribution in [0.1, 0.15) is 0 Å². The van der Waals surface area contributed by atoms with E-state index in [-0.39, 0.29) is 0 Å². The fraction of sp³-hybridized carbons (Fsp3) is 0. The summed E-state index contributed by atoms with van der Waals surface area (Å²) in [6.07, 6.45) is 3.05. The standard InChI is InChI=1S/C7H5ClN4/c8-5-1-2-9-6(3-5)7-10-4-11-12-7/h1-4H,(H,10,11,12). The zero-order valence-corrected chi connectivity index (χ0v) is 6.78. The zero-order valence-electron chi connectivity index (χ0n) is 6.03. The van der Waals surface area contributed by atoms with Crippen molar-refractivity contribution >= 4 is 11.6 Å². The summed E-state index contributed by atoms with van der Waals surface area (Å²) in [6, 6.07) is 3.43. The molecule has 2 aromatic rings. The third-order valence-corrected chi connectivity index (χ3v) is 1.61. The van der Waals surface area contributed by atoms with Crippen LogP contribution in [0.4, 0.5) is 0 Å². The van der Waals surface area contributed by atoms with E-state index in [9.17, 15) is 0 Å². The molecule has 0 aliphatic rings. The van der Waals surface area contributed by atoms with Crippen LogP contribution in [-0.4, -0.2) is 20.2 Å². The minimum Gasteiger partial charge on any atom is -0.258 e. The molecule has 0 unspecified atom stereocenters. The molecule has 2 heterocycles. The molecule has 0 saturated heterocycles. The van der Waals surface area contributed by atoms with Gasteiger partial charge in [0.1, 0.15) is 12.0 Å². The molecule has 0 aromatic carbocycles. The van der Waals surface area contributed by atoms with E-state index in [4.69, 9.17) is 11.6 Å². The number of pyridine rings is 1. The van der Waals surface area contributed by atoms with Crippen molar-refractivity contribution in [2.24, 2.45) is 0 Å². The first kappa shape index (κ1) is 7.24. The Labute approximate surface area is 73.6 Å². The largest absolute Gasteiger partial charge is 0.258 e. The molecule has 0 aliphatic heterocycles. The normalized spacial score (nSPS) is 10.1. The molecule has 5 heteroatoms. The van der Waals surface area contributed by atoms with Crippen LogP contribution in [0.15, 0.2) is 24.7 Å². The lowest BCUT2D eigenvalue weighted by molar-refractivity contribution is 1.09. The van der Waals surface area contributed by atoms with Gasteiger partial charge in [0.05, 0.1) is 0 Å². The molecule has 2 rings (SSSR count). The summed E-state index contributed by atoms with van der Waals surface area (Å²) in [5.41, 5.74) is 0.694. The Morgan fingerprint density at radius 1 is 1.33 bits per heavy atom. The van der Waals surface area contributed by atoms with Crippen molar-refractivity contribution in [1.29, 1.82) is 0 Å². The Bertz CT molecular complexity index is 371. The second-order valence-corrected chi connectivity index (χ2v) is 2.63. The lowest BCUT2D eigenvalue weighted by Gasteiger charge is -1.93. The summed E-state index contributed by atoms with van der Waals surface area (Å²) in [5.74, 6) is 0.623. The van der Waals surface area contributed by atoms with Crippen LogP contribution >= 0.6 is 11.6 Å². The minimum absolute atomic E-state index is 0.623. The van der Waals surface area contributed by atoms with Crippen LogP contribution in [0.25, 0.3) is 11.5 Å². The number of halogens is 1. The van der Waals surface area contributed by atoms with Gasteiger partial charge in [-0.1, -0.05) is 11.6 Å². The molecule has 0 saturated carbocycles. The Hall–Kier alpha value is -1.42. The van der Waals surface area contributed by atoms with E-state index in [1.807, 2.05) is 0 Å². The van der Waals surface area contributed by atoms with Gasteiger partial charge in [-0.05, 0) is 12.1 Å². The van der Waals surface area contributed by atoms with Gasteiger partial charge >= 0.3 is 0 Å². The number of nitrogens with one attached hydrogen (secondary N) is 1. The van der Waals surface area contributed by atoms with Gasteiger partial charge < -0.3 is 0 Å².